The number of aromatic nitrogens is 1. The van der Waals surface area contributed by atoms with Crippen molar-refractivity contribution in [2.45, 2.75) is 31.7 Å². The standard InChI is InChI=1S/C15H15NO3/c17-14-12-8-4-3-7-11(12)13(15(18)19)9-16(14)10-5-1-2-6-10/h3-4,7-10H,1-2,5-6H2,(H,18,19). The minimum absolute atomic E-state index is 0.0764. The van der Waals surface area contributed by atoms with Crippen LogP contribution in [0.5, 0.6) is 0 Å². The van der Waals surface area contributed by atoms with Gasteiger partial charge in [-0.3, -0.25) is 4.79 Å². The van der Waals surface area contributed by atoms with Gasteiger partial charge in [0, 0.05) is 23.0 Å². The Labute approximate surface area is 110 Å². The van der Waals surface area contributed by atoms with Gasteiger partial charge in [0.05, 0.1) is 5.56 Å². The van der Waals surface area contributed by atoms with Gasteiger partial charge in [-0.2, -0.15) is 0 Å². The van der Waals surface area contributed by atoms with Crippen molar-refractivity contribution in [2.75, 3.05) is 0 Å². The highest BCUT2D eigenvalue weighted by molar-refractivity contribution is 6.02. The molecule has 0 amide bonds. The van der Waals surface area contributed by atoms with Gasteiger partial charge in [0.25, 0.3) is 5.56 Å². The summed E-state index contributed by atoms with van der Waals surface area (Å²) in [6.07, 6.45) is 5.64. The van der Waals surface area contributed by atoms with E-state index in [4.69, 9.17) is 0 Å². The van der Waals surface area contributed by atoms with Crippen LogP contribution < -0.4 is 5.56 Å². The van der Waals surface area contributed by atoms with Crippen molar-refractivity contribution in [3.05, 3.63) is 46.4 Å². The molecular formula is C15H15NO3. The summed E-state index contributed by atoms with van der Waals surface area (Å²) in [6, 6.07) is 7.08. The van der Waals surface area contributed by atoms with Gasteiger partial charge in [-0.25, -0.2) is 4.79 Å². The first-order valence-corrected chi connectivity index (χ1v) is 6.55. The Balaban J connectivity index is 2.31. The lowest BCUT2D eigenvalue weighted by atomic mass is 10.1. The first kappa shape index (κ1) is 12.0. The number of fused-ring (bicyclic) bond motifs is 1. The number of rotatable bonds is 2. The average Bonchev–Trinajstić information content (AvgIpc) is 2.93. The Morgan fingerprint density at radius 2 is 1.79 bits per heavy atom. The third-order valence-corrected chi connectivity index (χ3v) is 3.90. The average molecular weight is 257 g/mol. The van der Waals surface area contributed by atoms with Crippen LogP contribution >= 0.6 is 0 Å². The number of pyridine rings is 1. The fourth-order valence-electron chi connectivity index (χ4n) is 2.93. The summed E-state index contributed by atoms with van der Waals surface area (Å²) in [4.78, 5) is 23.8. The Kier molecular flexibility index (Phi) is 2.85. The number of hydrogen-bond acceptors (Lipinski definition) is 2. The van der Waals surface area contributed by atoms with Gasteiger partial charge in [-0.15, -0.1) is 0 Å². The molecule has 1 heterocycles. The summed E-state index contributed by atoms with van der Waals surface area (Å²) in [7, 11) is 0. The molecule has 4 nitrogen and oxygen atoms in total. The van der Waals surface area contributed by atoms with Crippen molar-refractivity contribution in [3.8, 4) is 0 Å². The quantitative estimate of drug-likeness (QED) is 0.899. The van der Waals surface area contributed by atoms with E-state index in [1.807, 2.05) is 0 Å². The number of aromatic carboxylic acids is 1. The number of carbonyl (C=O) groups is 1. The lowest BCUT2D eigenvalue weighted by molar-refractivity contribution is 0.0698. The highest BCUT2D eigenvalue weighted by Gasteiger charge is 2.21. The molecule has 1 aliphatic carbocycles. The molecule has 0 saturated heterocycles. The van der Waals surface area contributed by atoms with Crippen LogP contribution in [0.15, 0.2) is 35.3 Å². The summed E-state index contributed by atoms with van der Waals surface area (Å²) in [5.41, 5.74) is 0.134. The molecule has 0 aliphatic heterocycles. The van der Waals surface area contributed by atoms with Crippen molar-refractivity contribution in [3.63, 3.8) is 0 Å². The Morgan fingerprint density at radius 3 is 2.42 bits per heavy atom. The molecule has 1 aromatic carbocycles. The molecule has 3 rings (SSSR count). The summed E-state index contributed by atoms with van der Waals surface area (Å²) >= 11 is 0. The molecular weight excluding hydrogens is 242 g/mol. The van der Waals surface area contributed by atoms with Crippen LogP contribution in [0.1, 0.15) is 42.1 Å². The van der Waals surface area contributed by atoms with E-state index in [2.05, 4.69) is 0 Å². The maximum atomic E-state index is 12.5. The Bertz CT molecular complexity index is 696. The minimum atomic E-state index is -0.983. The van der Waals surface area contributed by atoms with Crippen molar-refractivity contribution in [1.82, 2.24) is 4.57 Å². The van der Waals surface area contributed by atoms with Crippen molar-refractivity contribution in [1.29, 1.82) is 0 Å². The molecule has 2 aromatic rings. The third-order valence-electron chi connectivity index (χ3n) is 3.90. The van der Waals surface area contributed by atoms with Gasteiger partial charge >= 0.3 is 5.97 Å². The van der Waals surface area contributed by atoms with E-state index in [0.29, 0.717) is 10.8 Å². The minimum Gasteiger partial charge on any atom is -0.478 e. The van der Waals surface area contributed by atoms with Gasteiger partial charge in [0.2, 0.25) is 0 Å². The van der Waals surface area contributed by atoms with Gasteiger partial charge in [0.15, 0.2) is 0 Å². The molecule has 0 radical (unpaired) electrons. The molecule has 4 heteroatoms. The third kappa shape index (κ3) is 1.93. The smallest absolute Gasteiger partial charge is 0.337 e. The van der Waals surface area contributed by atoms with E-state index in [1.54, 1.807) is 28.8 Å². The van der Waals surface area contributed by atoms with Crippen LogP contribution in [0.25, 0.3) is 10.8 Å². The summed E-state index contributed by atoms with van der Waals surface area (Å²) in [6.45, 7) is 0. The summed E-state index contributed by atoms with van der Waals surface area (Å²) in [5.74, 6) is -0.983. The molecule has 1 saturated carbocycles. The van der Waals surface area contributed by atoms with Crippen molar-refractivity contribution < 1.29 is 9.90 Å². The van der Waals surface area contributed by atoms with E-state index >= 15 is 0 Å². The molecule has 0 unspecified atom stereocenters. The SMILES string of the molecule is O=C(O)c1cn(C2CCCC2)c(=O)c2ccccc12. The molecule has 1 aliphatic rings. The second-order valence-electron chi connectivity index (χ2n) is 5.04. The number of hydrogen-bond donors (Lipinski definition) is 1. The lowest BCUT2D eigenvalue weighted by Crippen LogP contribution is -2.24. The molecule has 19 heavy (non-hydrogen) atoms. The van der Waals surface area contributed by atoms with Gasteiger partial charge < -0.3 is 9.67 Å². The van der Waals surface area contributed by atoms with Gasteiger partial charge in [-0.05, 0) is 18.9 Å². The maximum absolute atomic E-state index is 12.5. The first-order chi connectivity index (χ1) is 9.18. The zero-order valence-electron chi connectivity index (χ0n) is 10.5. The molecule has 0 atom stereocenters. The van der Waals surface area contributed by atoms with Crippen LogP contribution in [0, 0.1) is 0 Å². The van der Waals surface area contributed by atoms with E-state index in [-0.39, 0.29) is 17.2 Å². The highest BCUT2D eigenvalue weighted by atomic mass is 16.4. The molecule has 1 aromatic heterocycles. The fourth-order valence-corrected chi connectivity index (χ4v) is 2.93. The van der Waals surface area contributed by atoms with E-state index in [0.717, 1.165) is 25.7 Å². The maximum Gasteiger partial charge on any atom is 0.337 e. The van der Waals surface area contributed by atoms with Crippen LogP contribution in [-0.2, 0) is 0 Å². The fraction of sp³-hybridized carbons (Fsp3) is 0.333. The van der Waals surface area contributed by atoms with Crippen LogP contribution in [0.4, 0.5) is 0 Å². The molecule has 1 N–H and O–H groups in total. The molecule has 1 fully saturated rings. The Morgan fingerprint density at radius 1 is 1.16 bits per heavy atom. The summed E-state index contributed by atoms with van der Waals surface area (Å²) in [5, 5.41) is 10.3. The molecule has 0 bridgehead atoms. The summed E-state index contributed by atoms with van der Waals surface area (Å²) < 4.78 is 1.62. The zero-order chi connectivity index (χ0) is 13.4. The van der Waals surface area contributed by atoms with E-state index < -0.39 is 5.97 Å². The monoisotopic (exact) mass is 257 g/mol. The van der Waals surface area contributed by atoms with E-state index in [9.17, 15) is 14.7 Å². The van der Waals surface area contributed by atoms with Crippen LogP contribution in [-0.4, -0.2) is 15.6 Å². The van der Waals surface area contributed by atoms with E-state index in [1.165, 1.54) is 6.20 Å². The number of carboxylic acid groups (broad SMARTS) is 1. The first-order valence-electron chi connectivity index (χ1n) is 6.55. The normalized spacial score (nSPS) is 16.0. The number of nitrogens with zero attached hydrogens (tertiary/aromatic N) is 1. The number of carboxylic acids is 1. The second-order valence-corrected chi connectivity index (χ2v) is 5.04. The predicted molar refractivity (Wildman–Crippen MR) is 72.7 cm³/mol. The Hall–Kier alpha value is -2.10. The largest absolute Gasteiger partial charge is 0.478 e. The van der Waals surface area contributed by atoms with Crippen LogP contribution in [0.3, 0.4) is 0 Å². The molecule has 0 spiro atoms. The van der Waals surface area contributed by atoms with Gasteiger partial charge in [0.1, 0.15) is 0 Å². The predicted octanol–water partition coefficient (Wildman–Crippen LogP) is 2.81. The number of benzene rings is 1. The van der Waals surface area contributed by atoms with Crippen molar-refractivity contribution in [2.24, 2.45) is 0 Å². The second kappa shape index (κ2) is 4.53. The van der Waals surface area contributed by atoms with Gasteiger partial charge in [-0.1, -0.05) is 31.0 Å². The lowest BCUT2D eigenvalue weighted by Gasteiger charge is -2.15. The topological polar surface area (TPSA) is 59.3 Å². The molecule has 98 valence electrons. The highest BCUT2D eigenvalue weighted by Crippen LogP contribution is 2.29. The van der Waals surface area contributed by atoms with Crippen LogP contribution in [0.2, 0.25) is 0 Å². The zero-order valence-corrected chi connectivity index (χ0v) is 10.5. The van der Waals surface area contributed by atoms with Crippen molar-refractivity contribution >= 4 is 16.7 Å².